The maximum Gasteiger partial charge on any atom is 0.404 e. The number of alkyl halides is 3. The Labute approximate surface area is 200 Å². The number of benzene rings is 1. The van der Waals surface area contributed by atoms with Crippen LogP contribution in [-0.4, -0.2) is 30.2 Å². The van der Waals surface area contributed by atoms with Gasteiger partial charge in [0.2, 0.25) is 10.0 Å². The van der Waals surface area contributed by atoms with Crippen molar-refractivity contribution in [2.24, 2.45) is 0 Å². The SMILES string of the molecule is Cc1cc2c(cc1F)c(C#N)c(-c1ccc(S(=O)(=O)N[C@@H](C)C(F)(F)F)cn1)n2C1CCCCC1. The molecular weight excluding hydrogens is 484 g/mol. The van der Waals surface area contributed by atoms with Gasteiger partial charge in [0.15, 0.2) is 0 Å². The summed E-state index contributed by atoms with van der Waals surface area (Å²) in [5, 5.41) is 10.4. The number of sulfonamides is 1. The third kappa shape index (κ3) is 4.77. The lowest BCUT2D eigenvalue weighted by atomic mass is 9.95. The number of fused-ring (bicyclic) bond motifs is 1. The fourth-order valence-corrected chi connectivity index (χ4v) is 5.74. The van der Waals surface area contributed by atoms with Crippen LogP contribution in [0.25, 0.3) is 22.3 Å². The Balaban J connectivity index is 1.84. The number of aromatic nitrogens is 2. The molecular formula is C24H24F4N4O2S. The highest BCUT2D eigenvalue weighted by Crippen LogP contribution is 2.40. The van der Waals surface area contributed by atoms with Crippen LogP contribution in [-0.2, 0) is 10.0 Å². The lowest BCUT2D eigenvalue weighted by Gasteiger charge is -2.26. The molecule has 0 saturated heterocycles. The Morgan fingerprint density at radius 1 is 1.20 bits per heavy atom. The van der Waals surface area contributed by atoms with E-state index in [1.54, 1.807) is 17.7 Å². The molecule has 35 heavy (non-hydrogen) atoms. The van der Waals surface area contributed by atoms with Gasteiger partial charge in [0.25, 0.3) is 0 Å². The lowest BCUT2D eigenvalue weighted by Crippen LogP contribution is -2.42. The number of nitrogens with one attached hydrogen (secondary N) is 1. The van der Waals surface area contributed by atoms with Gasteiger partial charge in [-0.2, -0.15) is 23.2 Å². The summed E-state index contributed by atoms with van der Waals surface area (Å²) in [5.74, 6) is -0.444. The van der Waals surface area contributed by atoms with E-state index in [-0.39, 0.29) is 17.3 Å². The van der Waals surface area contributed by atoms with Crippen molar-refractivity contribution in [2.45, 2.75) is 69.1 Å². The van der Waals surface area contributed by atoms with E-state index in [1.807, 2.05) is 4.57 Å². The molecule has 0 spiro atoms. The number of rotatable bonds is 5. The second-order valence-electron chi connectivity index (χ2n) is 8.88. The third-order valence-electron chi connectivity index (χ3n) is 6.45. The summed E-state index contributed by atoms with van der Waals surface area (Å²) in [5.41, 5.74) is 2.07. The molecule has 11 heteroatoms. The summed E-state index contributed by atoms with van der Waals surface area (Å²) in [7, 11) is -4.48. The van der Waals surface area contributed by atoms with Crippen molar-refractivity contribution in [3.05, 3.63) is 47.4 Å². The molecule has 1 aliphatic rings. The van der Waals surface area contributed by atoms with Crippen LogP contribution in [0.2, 0.25) is 0 Å². The Morgan fingerprint density at radius 2 is 1.89 bits per heavy atom. The van der Waals surface area contributed by atoms with E-state index in [0.29, 0.717) is 29.1 Å². The van der Waals surface area contributed by atoms with E-state index in [9.17, 15) is 31.2 Å². The predicted octanol–water partition coefficient (Wildman–Crippen LogP) is 5.76. The number of nitrogens with zero attached hydrogens (tertiary/aromatic N) is 3. The smallest absolute Gasteiger partial charge is 0.335 e. The van der Waals surface area contributed by atoms with E-state index < -0.39 is 33.0 Å². The van der Waals surface area contributed by atoms with Crippen molar-refractivity contribution in [3.63, 3.8) is 0 Å². The number of hydrogen-bond acceptors (Lipinski definition) is 4. The molecule has 0 bridgehead atoms. The topological polar surface area (TPSA) is 87.8 Å². The van der Waals surface area contributed by atoms with Crippen molar-refractivity contribution < 1.29 is 26.0 Å². The van der Waals surface area contributed by atoms with Gasteiger partial charge < -0.3 is 4.57 Å². The summed E-state index contributed by atoms with van der Waals surface area (Å²) in [4.78, 5) is 3.79. The lowest BCUT2D eigenvalue weighted by molar-refractivity contribution is -0.147. The zero-order valence-corrected chi connectivity index (χ0v) is 20.0. The molecule has 0 unspecified atom stereocenters. The van der Waals surface area contributed by atoms with Crippen LogP contribution in [0.3, 0.4) is 0 Å². The van der Waals surface area contributed by atoms with Crippen molar-refractivity contribution in [2.75, 3.05) is 0 Å². The summed E-state index contributed by atoms with van der Waals surface area (Å²) in [6, 6.07) is 5.47. The van der Waals surface area contributed by atoms with Gasteiger partial charge in [-0.25, -0.2) is 12.8 Å². The molecule has 1 saturated carbocycles. The number of halogens is 4. The Hall–Kier alpha value is -2.97. The monoisotopic (exact) mass is 508 g/mol. The molecule has 1 aromatic carbocycles. The Bertz CT molecular complexity index is 1400. The van der Waals surface area contributed by atoms with Crippen LogP contribution in [0.15, 0.2) is 35.4 Å². The molecule has 6 nitrogen and oxygen atoms in total. The summed E-state index contributed by atoms with van der Waals surface area (Å²) in [6.45, 7) is 2.35. The van der Waals surface area contributed by atoms with Gasteiger partial charge in [-0.15, -0.1) is 0 Å². The first-order valence-corrected chi connectivity index (χ1v) is 12.7. The average molecular weight is 509 g/mol. The van der Waals surface area contributed by atoms with Gasteiger partial charge in [0.05, 0.1) is 22.5 Å². The Kier molecular flexibility index (Phi) is 6.64. The highest BCUT2D eigenvalue weighted by Gasteiger charge is 2.39. The van der Waals surface area contributed by atoms with E-state index in [2.05, 4.69) is 11.1 Å². The first-order chi connectivity index (χ1) is 16.4. The van der Waals surface area contributed by atoms with Gasteiger partial charge in [-0.05, 0) is 56.5 Å². The van der Waals surface area contributed by atoms with Crippen LogP contribution < -0.4 is 4.72 Å². The number of hydrogen-bond donors (Lipinski definition) is 1. The molecule has 1 atom stereocenters. The molecule has 2 aromatic heterocycles. The van der Waals surface area contributed by atoms with Crippen LogP contribution >= 0.6 is 0 Å². The first-order valence-electron chi connectivity index (χ1n) is 11.2. The molecule has 0 aliphatic heterocycles. The molecule has 186 valence electrons. The van der Waals surface area contributed by atoms with Gasteiger partial charge in [-0.1, -0.05) is 19.3 Å². The maximum absolute atomic E-state index is 14.4. The molecule has 3 aromatic rings. The van der Waals surface area contributed by atoms with Crippen LogP contribution in [0.1, 0.15) is 56.2 Å². The highest BCUT2D eigenvalue weighted by molar-refractivity contribution is 7.89. The minimum absolute atomic E-state index is 0.0488. The second-order valence-corrected chi connectivity index (χ2v) is 10.6. The minimum atomic E-state index is -4.74. The van der Waals surface area contributed by atoms with E-state index in [1.165, 1.54) is 12.1 Å². The minimum Gasteiger partial charge on any atom is -0.335 e. The normalized spacial score (nSPS) is 16.4. The molecule has 0 amide bonds. The molecule has 0 radical (unpaired) electrons. The first kappa shape index (κ1) is 25.1. The van der Waals surface area contributed by atoms with Crippen molar-refractivity contribution in [1.29, 1.82) is 5.26 Å². The van der Waals surface area contributed by atoms with Crippen molar-refractivity contribution in [3.8, 4) is 17.5 Å². The number of pyridine rings is 1. The molecule has 2 heterocycles. The van der Waals surface area contributed by atoms with Crippen LogP contribution in [0.4, 0.5) is 17.6 Å². The third-order valence-corrected chi connectivity index (χ3v) is 7.97. The summed E-state index contributed by atoms with van der Waals surface area (Å²) < 4.78 is 81.4. The van der Waals surface area contributed by atoms with Gasteiger partial charge in [0.1, 0.15) is 22.8 Å². The second kappa shape index (κ2) is 9.24. The highest BCUT2D eigenvalue weighted by atomic mass is 32.2. The maximum atomic E-state index is 14.4. The zero-order valence-electron chi connectivity index (χ0n) is 19.2. The number of aryl methyl sites for hydroxylation is 1. The molecule has 1 N–H and O–H groups in total. The number of nitriles is 1. The van der Waals surface area contributed by atoms with Gasteiger partial charge in [-0.3, -0.25) is 4.98 Å². The fraction of sp³-hybridized carbons (Fsp3) is 0.417. The molecule has 1 fully saturated rings. The largest absolute Gasteiger partial charge is 0.404 e. The van der Waals surface area contributed by atoms with E-state index in [0.717, 1.165) is 44.4 Å². The summed E-state index contributed by atoms with van der Waals surface area (Å²) in [6.07, 6.45) is 1.05. The van der Waals surface area contributed by atoms with Gasteiger partial charge in [0, 0.05) is 17.6 Å². The van der Waals surface area contributed by atoms with Gasteiger partial charge >= 0.3 is 6.18 Å². The van der Waals surface area contributed by atoms with Crippen molar-refractivity contribution in [1.82, 2.24) is 14.3 Å². The molecule has 1 aliphatic carbocycles. The van der Waals surface area contributed by atoms with E-state index in [4.69, 9.17) is 0 Å². The van der Waals surface area contributed by atoms with Crippen molar-refractivity contribution >= 4 is 20.9 Å². The summed E-state index contributed by atoms with van der Waals surface area (Å²) >= 11 is 0. The zero-order chi connectivity index (χ0) is 25.5. The predicted molar refractivity (Wildman–Crippen MR) is 123 cm³/mol. The van der Waals surface area contributed by atoms with E-state index >= 15 is 0 Å². The average Bonchev–Trinajstić information content (AvgIpc) is 3.12. The quantitative estimate of drug-likeness (QED) is 0.444. The van der Waals surface area contributed by atoms with Crippen LogP contribution in [0.5, 0.6) is 0 Å². The fourth-order valence-electron chi connectivity index (χ4n) is 4.56. The Morgan fingerprint density at radius 3 is 2.46 bits per heavy atom. The standard InChI is InChI=1S/C24H24F4N4O2S/c1-14-10-22-18(11-20(14)25)19(12-29)23(32(22)16-6-4-3-5-7-16)21-9-8-17(13-30-21)35(33,34)31-15(2)24(26,27)28/h8-11,13,15-16,31H,3-7H2,1-2H3/t15-/m0/s1. The van der Waals surface area contributed by atoms with Crippen LogP contribution in [0, 0.1) is 24.1 Å². The molecule has 4 rings (SSSR count).